The molecule has 0 spiro atoms. The van der Waals surface area contributed by atoms with Crippen LogP contribution in [0.2, 0.25) is 0 Å². The first-order valence-electron chi connectivity index (χ1n) is 6.50. The molecule has 0 aliphatic carbocycles. The van der Waals surface area contributed by atoms with Crippen molar-refractivity contribution in [2.24, 2.45) is 0 Å². The second-order valence-corrected chi connectivity index (χ2v) is 4.91. The number of carbonyl (C=O) groups is 1. The summed E-state index contributed by atoms with van der Waals surface area (Å²) >= 11 is 0. The topological polar surface area (TPSA) is 49.0 Å². The molecule has 0 saturated carbocycles. The van der Waals surface area contributed by atoms with Crippen molar-refractivity contribution in [3.05, 3.63) is 29.6 Å². The fraction of sp³-hybridized carbons (Fsp3) is 0.429. The van der Waals surface area contributed by atoms with E-state index in [-0.39, 0.29) is 5.91 Å². The predicted molar refractivity (Wildman–Crippen MR) is 70.6 cm³/mol. The van der Waals surface area contributed by atoms with Crippen molar-refractivity contribution in [2.75, 3.05) is 13.1 Å². The van der Waals surface area contributed by atoms with Gasteiger partial charge in [-0.25, -0.2) is 4.98 Å². The quantitative estimate of drug-likeness (QED) is 0.836. The average Bonchev–Trinajstić information content (AvgIpc) is 2.78. The summed E-state index contributed by atoms with van der Waals surface area (Å²) in [6.07, 6.45) is 3.48. The van der Waals surface area contributed by atoms with Gasteiger partial charge in [-0.3, -0.25) is 4.79 Å². The van der Waals surface area contributed by atoms with E-state index in [1.165, 1.54) is 6.42 Å². The van der Waals surface area contributed by atoms with Crippen molar-refractivity contribution in [3.63, 3.8) is 0 Å². The number of hydrogen-bond acceptors (Lipinski definition) is 2. The van der Waals surface area contributed by atoms with Crippen molar-refractivity contribution in [3.8, 4) is 0 Å². The molecule has 0 unspecified atom stereocenters. The van der Waals surface area contributed by atoms with Crippen molar-refractivity contribution in [2.45, 2.75) is 26.2 Å². The van der Waals surface area contributed by atoms with E-state index in [0.717, 1.165) is 48.4 Å². The Morgan fingerprint density at radius 1 is 1.28 bits per heavy atom. The zero-order valence-electron chi connectivity index (χ0n) is 10.6. The molecular formula is C14H17N3O. The minimum absolute atomic E-state index is 0.142. The molecule has 1 N–H and O–H groups in total. The van der Waals surface area contributed by atoms with Crippen molar-refractivity contribution < 1.29 is 4.79 Å². The lowest BCUT2D eigenvalue weighted by Crippen LogP contribution is -2.35. The number of fused-ring (bicyclic) bond motifs is 1. The molecule has 2 heterocycles. The monoisotopic (exact) mass is 243 g/mol. The van der Waals surface area contributed by atoms with Crippen LogP contribution in [-0.2, 0) is 0 Å². The molecule has 1 fully saturated rings. The van der Waals surface area contributed by atoms with Crippen molar-refractivity contribution in [1.82, 2.24) is 14.9 Å². The molecule has 3 rings (SSSR count). The molecule has 0 atom stereocenters. The number of H-pyrrole nitrogens is 1. The molecule has 1 aromatic carbocycles. The van der Waals surface area contributed by atoms with Gasteiger partial charge in [-0.15, -0.1) is 0 Å². The Balaban J connectivity index is 1.90. The number of nitrogens with zero attached hydrogens (tertiary/aromatic N) is 2. The smallest absolute Gasteiger partial charge is 0.253 e. The number of nitrogens with one attached hydrogen (secondary N) is 1. The first kappa shape index (κ1) is 11.3. The Kier molecular flexibility index (Phi) is 2.78. The summed E-state index contributed by atoms with van der Waals surface area (Å²) in [5, 5.41) is 0. The fourth-order valence-electron chi connectivity index (χ4n) is 2.55. The van der Waals surface area contributed by atoms with Crippen molar-refractivity contribution in [1.29, 1.82) is 0 Å². The summed E-state index contributed by atoms with van der Waals surface area (Å²) in [5.74, 6) is 1.02. The number of hydrogen-bond donors (Lipinski definition) is 1. The molecule has 1 aromatic heterocycles. The van der Waals surface area contributed by atoms with Gasteiger partial charge >= 0.3 is 0 Å². The molecule has 1 aliphatic heterocycles. The Morgan fingerprint density at radius 2 is 2.06 bits per heavy atom. The highest BCUT2D eigenvalue weighted by Gasteiger charge is 2.18. The van der Waals surface area contributed by atoms with Gasteiger partial charge in [0, 0.05) is 18.7 Å². The van der Waals surface area contributed by atoms with Gasteiger partial charge in [0.25, 0.3) is 5.91 Å². The lowest BCUT2D eigenvalue weighted by Gasteiger charge is -2.26. The molecule has 4 heteroatoms. The number of likely N-dealkylation sites (tertiary alicyclic amines) is 1. The molecule has 1 aliphatic rings. The van der Waals surface area contributed by atoms with Gasteiger partial charge in [-0.1, -0.05) is 0 Å². The number of rotatable bonds is 1. The summed E-state index contributed by atoms with van der Waals surface area (Å²) in [7, 11) is 0. The van der Waals surface area contributed by atoms with E-state index in [2.05, 4.69) is 9.97 Å². The summed E-state index contributed by atoms with van der Waals surface area (Å²) < 4.78 is 0. The third-order valence-electron chi connectivity index (χ3n) is 3.49. The molecular weight excluding hydrogens is 226 g/mol. The van der Waals surface area contributed by atoms with Crippen LogP contribution in [0.15, 0.2) is 18.2 Å². The van der Waals surface area contributed by atoms with Gasteiger partial charge in [-0.05, 0) is 44.4 Å². The number of aromatic nitrogens is 2. The van der Waals surface area contributed by atoms with E-state index in [4.69, 9.17) is 0 Å². The maximum absolute atomic E-state index is 12.3. The summed E-state index contributed by atoms with van der Waals surface area (Å²) in [5.41, 5.74) is 2.62. The largest absolute Gasteiger partial charge is 0.342 e. The molecule has 1 saturated heterocycles. The van der Waals surface area contributed by atoms with Crippen LogP contribution in [0.4, 0.5) is 0 Å². The number of piperidine rings is 1. The lowest BCUT2D eigenvalue weighted by atomic mass is 10.1. The first-order chi connectivity index (χ1) is 8.74. The number of benzene rings is 1. The molecule has 18 heavy (non-hydrogen) atoms. The molecule has 2 aromatic rings. The zero-order chi connectivity index (χ0) is 12.5. The van der Waals surface area contributed by atoms with Gasteiger partial charge < -0.3 is 9.88 Å². The highest BCUT2D eigenvalue weighted by Crippen LogP contribution is 2.17. The minimum atomic E-state index is 0.142. The van der Waals surface area contributed by atoms with Crippen LogP contribution in [0.25, 0.3) is 11.0 Å². The van der Waals surface area contributed by atoms with Gasteiger partial charge in [-0.2, -0.15) is 0 Å². The first-order valence-corrected chi connectivity index (χ1v) is 6.50. The Morgan fingerprint density at radius 3 is 2.83 bits per heavy atom. The van der Waals surface area contributed by atoms with Gasteiger partial charge in [0.05, 0.1) is 11.0 Å². The van der Waals surface area contributed by atoms with Crippen LogP contribution in [0.3, 0.4) is 0 Å². The predicted octanol–water partition coefficient (Wildman–Crippen LogP) is 2.50. The van der Waals surface area contributed by atoms with E-state index in [1.807, 2.05) is 30.0 Å². The van der Waals surface area contributed by atoms with Crippen molar-refractivity contribution >= 4 is 16.9 Å². The van der Waals surface area contributed by atoms with Gasteiger partial charge in [0.1, 0.15) is 5.82 Å². The lowest BCUT2D eigenvalue weighted by molar-refractivity contribution is 0.0724. The Hall–Kier alpha value is -1.84. The van der Waals surface area contributed by atoms with Crippen LogP contribution in [0, 0.1) is 6.92 Å². The number of carbonyl (C=O) groups excluding carboxylic acids is 1. The third kappa shape index (κ3) is 1.98. The summed E-state index contributed by atoms with van der Waals surface area (Å²) in [4.78, 5) is 21.8. The number of amides is 1. The van der Waals surface area contributed by atoms with Crippen LogP contribution in [-0.4, -0.2) is 33.9 Å². The fourth-order valence-corrected chi connectivity index (χ4v) is 2.55. The van der Waals surface area contributed by atoms with Crippen LogP contribution in [0.1, 0.15) is 35.4 Å². The van der Waals surface area contributed by atoms with E-state index in [1.54, 1.807) is 0 Å². The van der Waals surface area contributed by atoms with Crippen LogP contribution >= 0.6 is 0 Å². The third-order valence-corrected chi connectivity index (χ3v) is 3.49. The highest BCUT2D eigenvalue weighted by molar-refractivity contribution is 5.97. The van der Waals surface area contributed by atoms with E-state index < -0.39 is 0 Å². The SMILES string of the molecule is Cc1nc2ccc(C(=O)N3CCCCC3)cc2[nH]1. The maximum Gasteiger partial charge on any atom is 0.253 e. The summed E-state index contributed by atoms with van der Waals surface area (Å²) in [6.45, 7) is 3.70. The molecule has 0 bridgehead atoms. The normalized spacial score (nSPS) is 16.2. The standard InChI is InChI=1S/C14H17N3O/c1-10-15-12-6-5-11(9-13(12)16-10)14(18)17-7-3-2-4-8-17/h5-6,9H,2-4,7-8H2,1H3,(H,15,16). The van der Waals surface area contributed by atoms with E-state index >= 15 is 0 Å². The second-order valence-electron chi connectivity index (χ2n) is 4.91. The van der Waals surface area contributed by atoms with Crippen LogP contribution < -0.4 is 0 Å². The molecule has 0 radical (unpaired) electrons. The Labute approximate surface area is 106 Å². The molecule has 4 nitrogen and oxygen atoms in total. The number of aromatic amines is 1. The molecule has 1 amide bonds. The Bertz CT molecular complexity index is 582. The second kappa shape index (κ2) is 4.44. The number of imidazole rings is 1. The average molecular weight is 243 g/mol. The highest BCUT2D eigenvalue weighted by atomic mass is 16.2. The van der Waals surface area contributed by atoms with E-state index in [9.17, 15) is 4.79 Å². The van der Waals surface area contributed by atoms with Crippen LogP contribution in [0.5, 0.6) is 0 Å². The number of aryl methyl sites for hydroxylation is 1. The molecule has 94 valence electrons. The van der Waals surface area contributed by atoms with Gasteiger partial charge in [0.2, 0.25) is 0 Å². The van der Waals surface area contributed by atoms with E-state index in [0.29, 0.717) is 0 Å². The van der Waals surface area contributed by atoms with Gasteiger partial charge in [0.15, 0.2) is 0 Å². The summed E-state index contributed by atoms with van der Waals surface area (Å²) in [6, 6.07) is 5.70. The minimum Gasteiger partial charge on any atom is -0.342 e. The zero-order valence-corrected chi connectivity index (χ0v) is 10.6. The maximum atomic E-state index is 12.3.